The third-order valence-electron chi connectivity index (χ3n) is 15.5. The largest absolute Gasteiger partial charge is 0.461 e. The molecule has 378 valence electrons. The van der Waals surface area contributed by atoms with Crippen LogP contribution in [0.3, 0.4) is 0 Å². The molecule has 6 rings (SSSR count). The molecule has 0 aromatic heterocycles. The molecule has 2 aromatic rings. The molecular formula is C54H79BN4O10. The fraction of sp³-hybridized carbons (Fsp3) is 0.648. The summed E-state index contributed by atoms with van der Waals surface area (Å²) in [7, 11) is -0.634. The van der Waals surface area contributed by atoms with Crippen LogP contribution in [0, 0.1) is 29.1 Å². The van der Waals surface area contributed by atoms with Gasteiger partial charge in [-0.3, -0.25) is 33.6 Å². The van der Waals surface area contributed by atoms with Crippen LogP contribution in [-0.4, -0.2) is 89.5 Å². The normalized spacial score (nSPS) is 22.7. The number of carbonyl (C=O) groups excluding carboxylic acids is 7. The number of hydrogen-bond acceptors (Lipinski definition) is 11. The molecule has 0 spiro atoms. The Morgan fingerprint density at radius 1 is 0.783 bits per heavy atom. The monoisotopic (exact) mass is 955 g/mol. The Morgan fingerprint density at radius 2 is 1.43 bits per heavy atom. The zero-order valence-electron chi connectivity index (χ0n) is 42.2. The standard InChI is InChI=1S/C54H79BN4O10/c1-8-10-14-35-18-20-37(21-19-35)38-22-24-39(25-23-38)44(62)17-13-16-42(61)28-40(15-11-12-26-56)52(67)59-50(34(4)60)46(64)29-36(9-2)51(66)58-43(32-49(57)65)45(63)27-33(3)55-68-48-31-41-30-47(53(41,5)6)54(48,7)69-55/h18-25,33-34,36,40-41,43,47-48,50,60H,8-17,26-32,56H2,1-7H3,(H2,57,65)(H,58,66)(H,59,67)/t33-,34-,36-,40-,41+,43+,47+,48?,50+,54+/m1/s1. The SMILES string of the molecule is CCCCc1ccc(-c2ccc(C(=O)CCCC(=O)C[C@@H](CCCCN)C(=O)N[C@H](C(=O)C[C@@H](CC)C(=O)N[C@@H](CC(N)=O)C(=O)C[C@@H](C)B3OC4C[C@@H]5C[C@@H](C5(C)C)[C@]4(C)O3)[C@@H](C)O)cc2)cc1. The quantitative estimate of drug-likeness (QED) is 0.0303. The molecule has 1 saturated heterocycles. The van der Waals surface area contributed by atoms with Crippen LogP contribution in [-0.2, 0) is 44.5 Å². The number of primary amides is 1. The molecule has 3 amide bonds. The van der Waals surface area contributed by atoms with E-state index >= 15 is 0 Å². The van der Waals surface area contributed by atoms with Gasteiger partial charge in [0.25, 0.3) is 0 Å². The molecule has 2 bridgehead atoms. The van der Waals surface area contributed by atoms with Crippen LogP contribution < -0.4 is 22.1 Å². The number of amides is 3. The highest BCUT2D eigenvalue weighted by atomic mass is 16.7. The van der Waals surface area contributed by atoms with Gasteiger partial charge in [-0.1, -0.05) is 96.0 Å². The minimum Gasteiger partial charge on any atom is -0.405 e. The van der Waals surface area contributed by atoms with E-state index in [1.54, 1.807) is 19.1 Å². The summed E-state index contributed by atoms with van der Waals surface area (Å²) < 4.78 is 12.9. The molecule has 1 aliphatic heterocycles. The molecule has 3 saturated carbocycles. The van der Waals surface area contributed by atoms with Crippen LogP contribution in [0.25, 0.3) is 11.1 Å². The lowest BCUT2D eigenvalue weighted by molar-refractivity contribution is -0.199. The summed E-state index contributed by atoms with van der Waals surface area (Å²) >= 11 is 0. The zero-order chi connectivity index (χ0) is 50.6. The number of unbranched alkanes of at least 4 members (excludes halogenated alkanes) is 2. The molecule has 69 heavy (non-hydrogen) atoms. The summed E-state index contributed by atoms with van der Waals surface area (Å²) in [5.74, 6) is -4.63. The van der Waals surface area contributed by atoms with Crippen LogP contribution in [0.2, 0.25) is 5.82 Å². The van der Waals surface area contributed by atoms with Gasteiger partial charge in [-0.2, -0.15) is 0 Å². The van der Waals surface area contributed by atoms with Gasteiger partial charge in [-0.15, -0.1) is 0 Å². The van der Waals surface area contributed by atoms with E-state index in [1.165, 1.54) is 12.5 Å². The number of hydrogen-bond donors (Lipinski definition) is 5. The maximum Gasteiger partial charge on any atom is 0.461 e. The molecule has 14 nitrogen and oxygen atoms in total. The fourth-order valence-corrected chi connectivity index (χ4v) is 10.9. The van der Waals surface area contributed by atoms with Crippen LogP contribution in [0.5, 0.6) is 0 Å². The Hall–Kier alpha value is -4.57. The minimum absolute atomic E-state index is 0.0496. The molecule has 1 unspecified atom stereocenters. The number of nitrogens with one attached hydrogen (secondary N) is 2. The zero-order valence-corrected chi connectivity index (χ0v) is 42.2. The van der Waals surface area contributed by atoms with E-state index < -0.39 is 78.5 Å². The van der Waals surface area contributed by atoms with Gasteiger partial charge in [0.05, 0.1) is 30.3 Å². The lowest BCUT2D eigenvalue weighted by Crippen LogP contribution is -2.65. The van der Waals surface area contributed by atoms with Crippen molar-refractivity contribution in [2.45, 2.75) is 187 Å². The highest BCUT2D eigenvalue weighted by Crippen LogP contribution is 2.66. The summed E-state index contributed by atoms with van der Waals surface area (Å²) in [5, 5.41) is 16.1. The van der Waals surface area contributed by atoms with Crippen LogP contribution in [0.15, 0.2) is 48.5 Å². The molecule has 7 N–H and O–H groups in total. The second-order valence-electron chi connectivity index (χ2n) is 21.1. The van der Waals surface area contributed by atoms with Crippen molar-refractivity contribution >= 4 is 48.0 Å². The average Bonchev–Trinajstić information content (AvgIpc) is 3.68. The van der Waals surface area contributed by atoms with Gasteiger partial charge in [0.1, 0.15) is 11.8 Å². The highest BCUT2D eigenvalue weighted by Gasteiger charge is 2.68. The van der Waals surface area contributed by atoms with E-state index in [0.717, 1.165) is 43.2 Å². The van der Waals surface area contributed by atoms with Crippen molar-refractivity contribution in [1.82, 2.24) is 10.6 Å². The molecule has 1 heterocycles. The number of benzene rings is 2. The van der Waals surface area contributed by atoms with Crippen LogP contribution in [0.1, 0.15) is 161 Å². The smallest absolute Gasteiger partial charge is 0.405 e. The van der Waals surface area contributed by atoms with Crippen molar-refractivity contribution in [2.24, 2.45) is 40.6 Å². The maximum atomic E-state index is 13.8. The van der Waals surface area contributed by atoms with Gasteiger partial charge >= 0.3 is 7.12 Å². The summed E-state index contributed by atoms with van der Waals surface area (Å²) in [5.41, 5.74) is 14.9. The first-order valence-corrected chi connectivity index (χ1v) is 25.6. The third kappa shape index (κ3) is 14.3. The summed E-state index contributed by atoms with van der Waals surface area (Å²) in [6.07, 6.45) is 5.09. The number of Topliss-reactive ketones (excluding diaryl/α,β-unsaturated/α-hetero) is 4. The average molecular weight is 955 g/mol. The minimum atomic E-state index is -1.39. The Morgan fingerprint density at radius 3 is 2.03 bits per heavy atom. The lowest BCUT2D eigenvalue weighted by Gasteiger charge is -2.64. The van der Waals surface area contributed by atoms with Gasteiger partial charge in [0, 0.05) is 49.5 Å². The van der Waals surface area contributed by atoms with Gasteiger partial charge in [-0.25, -0.2) is 0 Å². The van der Waals surface area contributed by atoms with E-state index in [1.807, 2.05) is 19.1 Å². The number of aryl methyl sites for hydroxylation is 1. The lowest BCUT2D eigenvalue weighted by atomic mass is 9.43. The first-order chi connectivity index (χ1) is 32.7. The van der Waals surface area contributed by atoms with Crippen LogP contribution in [0.4, 0.5) is 0 Å². The Labute approximate surface area is 410 Å². The number of aliphatic hydroxyl groups is 1. The molecule has 15 heteroatoms. The molecular weight excluding hydrogens is 875 g/mol. The predicted molar refractivity (Wildman–Crippen MR) is 267 cm³/mol. The third-order valence-corrected chi connectivity index (χ3v) is 15.5. The molecule has 2 aromatic carbocycles. The fourth-order valence-electron chi connectivity index (χ4n) is 10.9. The molecule has 10 atom stereocenters. The second-order valence-corrected chi connectivity index (χ2v) is 21.1. The van der Waals surface area contributed by atoms with Crippen molar-refractivity contribution in [3.63, 3.8) is 0 Å². The summed E-state index contributed by atoms with van der Waals surface area (Å²) in [4.78, 5) is 93.6. The highest BCUT2D eigenvalue weighted by molar-refractivity contribution is 6.47. The predicted octanol–water partition coefficient (Wildman–Crippen LogP) is 7.04. The van der Waals surface area contributed by atoms with Gasteiger partial charge in [0.15, 0.2) is 17.3 Å². The van der Waals surface area contributed by atoms with E-state index in [-0.39, 0.29) is 67.4 Å². The first-order valence-electron chi connectivity index (χ1n) is 25.6. The van der Waals surface area contributed by atoms with Crippen molar-refractivity contribution in [3.8, 4) is 11.1 Å². The van der Waals surface area contributed by atoms with E-state index in [9.17, 15) is 38.7 Å². The molecule has 0 radical (unpaired) electrons. The van der Waals surface area contributed by atoms with Crippen LogP contribution >= 0.6 is 0 Å². The summed E-state index contributed by atoms with van der Waals surface area (Å²) in [6, 6.07) is 13.3. The van der Waals surface area contributed by atoms with E-state index in [2.05, 4.69) is 62.6 Å². The van der Waals surface area contributed by atoms with Gasteiger partial charge in [0.2, 0.25) is 17.7 Å². The number of rotatable bonds is 30. The van der Waals surface area contributed by atoms with Crippen molar-refractivity contribution in [3.05, 3.63) is 59.7 Å². The first kappa shape index (κ1) is 55.4. The van der Waals surface area contributed by atoms with E-state index in [0.29, 0.717) is 49.6 Å². The Balaban J connectivity index is 1.12. The molecule has 4 aliphatic rings. The number of carbonyl (C=O) groups is 7. The Kier molecular flexibility index (Phi) is 20.1. The molecule has 3 aliphatic carbocycles. The number of aliphatic hydroxyl groups excluding tert-OH is 1. The topological polar surface area (TPSA) is 234 Å². The van der Waals surface area contributed by atoms with Crippen molar-refractivity contribution < 1.29 is 48.0 Å². The summed E-state index contributed by atoms with van der Waals surface area (Å²) in [6.45, 7) is 14.1. The second kappa shape index (κ2) is 25.0. The van der Waals surface area contributed by atoms with Gasteiger partial charge < -0.3 is 36.5 Å². The van der Waals surface area contributed by atoms with Crippen molar-refractivity contribution in [2.75, 3.05) is 6.54 Å². The molecule has 4 fully saturated rings. The van der Waals surface area contributed by atoms with Crippen molar-refractivity contribution in [1.29, 1.82) is 0 Å². The van der Waals surface area contributed by atoms with Gasteiger partial charge in [-0.05, 0) is 112 Å². The number of ketones is 4. The maximum absolute atomic E-state index is 13.8. The van der Waals surface area contributed by atoms with E-state index in [4.69, 9.17) is 20.8 Å². The Bertz CT molecular complexity index is 2110. The number of nitrogens with two attached hydrogens (primary N) is 2.